The molecule has 0 aliphatic carbocycles. The van der Waals surface area contributed by atoms with E-state index < -0.39 is 18.4 Å². The first-order chi connectivity index (χ1) is 8.74. The predicted molar refractivity (Wildman–Crippen MR) is 91.7 cm³/mol. The fourth-order valence-corrected chi connectivity index (χ4v) is 19.5. The van der Waals surface area contributed by atoms with E-state index in [1.54, 1.807) is 13.3 Å². The third kappa shape index (κ3) is 8.64. The van der Waals surface area contributed by atoms with Gasteiger partial charge >= 0.3 is 123 Å². The molecule has 2 heteroatoms. The van der Waals surface area contributed by atoms with E-state index >= 15 is 0 Å². The van der Waals surface area contributed by atoms with Gasteiger partial charge in [-0.05, 0) is 0 Å². The van der Waals surface area contributed by atoms with Gasteiger partial charge in [0, 0.05) is 0 Å². The number of unbranched alkanes of at least 4 members (excludes halogenated alkanes) is 3. The van der Waals surface area contributed by atoms with Crippen LogP contribution < -0.4 is 0 Å². The minimum absolute atomic E-state index is 0.0365. The Labute approximate surface area is 122 Å². The summed E-state index contributed by atoms with van der Waals surface area (Å²) in [6.45, 7) is 9.32. The molecule has 0 heterocycles. The zero-order valence-electron chi connectivity index (χ0n) is 13.3. The Morgan fingerprint density at radius 1 is 0.778 bits per heavy atom. The van der Waals surface area contributed by atoms with Crippen molar-refractivity contribution in [1.29, 1.82) is 0 Å². The summed E-state index contributed by atoms with van der Waals surface area (Å²) in [4.78, 5) is 0. The van der Waals surface area contributed by atoms with Gasteiger partial charge in [0.2, 0.25) is 0 Å². The van der Waals surface area contributed by atoms with E-state index in [2.05, 4.69) is 37.2 Å². The summed E-state index contributed by atoms with van der Waals surface area (Å²) in [5, 5.41) is 0. The van der Waals surface area contributed by atoms with E-state index in [4.69, 9.17) is 0 Å². The van der Waals surface area contributed by atoms with Crippen LogP contribution in [0.15, 0.2) is 0 Å². The molecule has 0 aliphatic heterocycles. The van der Waals surface area contributed by atoms with E-state index in [-0.39, 0.29) is 9.52 Å². The van der Waals surface area contributed by atoms with Crippen molar-refractivity contribution in [3.05, 3.63) is 0 Å². The molecule has 0 aromatic rings. The van der Waals surface area contributed by atoms with Crippen molar-refractivity contribution in [1.82, 2.24) is 0 Å². The number of hydrogen-bond acceptors (Lipinski definition) is 0. The quantitative estimate of drug-likeness (QED) is 0.376. The van der Waals surface area contributed by atoms with Crippen LogP contribution >= 0.6 is 0 Å². The van der Waals surface area contributed by atoms with Gasteiger partial charge < -0.3 is 0 Å². The normalized spacial score (nSPS) is 11.8. The van der Waals surface area contributed by atoms with E-state index in [1.165, 1.54) is 44.6 Å². The Balaban J connectivity index is 4.69. The summed E-state index contributed by atoms with van der Waals surface area (Å²) in [6.07, 6.45) is 8.45. The monoisotopic (exact) mass is 374 g/mol. The van der Waals surface area contributed by atoms with Gasteiger partial charge in [-0.15, -0.1) is 0 Å². The van der Waals surface area contributed by atoms with Crippen molar-refractivity contribution in [2.24, 2.45) is 0 Å². The van der Waals surface area contributed by atoms with Crippen molar-refractivity contribution in [3.63, 3.8) is 0 Å². The molecule has 0 fully saturated rings. The Morgan fingerprint density at radius 3 is 1.56 bits per heavy atom. The number of hydrogen-bond donors (Lipinski definition) is 0. The fourth-order valence-electron chi connectivity index (χ4n) is 2.48. The molecule has 0 saturated carbocycles. The van der Waals surface area contributed by atoms with Crippen molar-refractivity contribution in [2.45, 2.75) is 85.6 Å². The Bertz CT molecular complexity index is 217. The van der Waals surface area contributed by atoms with Gasteiger partial charge in [-0.1, -0.05) is 0 Å². The predicted octanol–water partition coefficient (Wildman–Crippen LogP) is 4.94. The zero-order valence-corrected chi connectivity index (χ0v) is 17.5. The van der Waals surface area contributed by atoms with Gasteiger partial charge in [-0.25, -0.2) is 0 Å². The van der Waals surface area contributed by atoms with Crippen LogP contribution in [0.4, 0.5) is 0 Å². The van der Waals surface area contributed by atoms with Crippen molar-refractivity contribution in [3.8, 4) is 9.48 Å². The van der Waals surface area contributed by atoms with Crippen LogP contribution in [0.5, 0.6) is 0 Å². The summed E-state index contributed by atoms with van der Waals surface area (Å²) in [7, 11) is -0.0365. The summed E-state index contributed by atoms with van der Waals surface area (Å²) in [5.74, 6) is 0. The van der Waals surface area contributed by atoms with Crippen LogP contribution in [-0.2, 0) is 0 Å². The molecule has 0 rings (SSSR count). The second-order valence-electron chi connectivity index (χ2n) is 5.64. The third-order valence-electron chi connectivity index (χ3n) is 3.76. The first-order valence-corrected chi connectivity index (χ1v) is 17.4. The molecule has 0 radical (unpaired) electrons. The van der Waals surface area contributed by atoms with Gasteiger partial charge in [0.1, 0.15) is 0 Å². The van der Waals surface area contributed by atoms with Gasteiger partial charge in [0.05, 0.1) is 0 Å². The average Bonchev–Trinajstić information content (AvgIpc) is 2.40. The van der Waals surface area contributed by atoms with Crippen LogP contribution in [0.25, 0.3) is 0 Å². The minimum atomic E-state index is -2.04. The van der Waals surface area contributed by atoms with Crippen molar-refractivity contribution in [2.75, 3.05) is 0 Å². The maximum atomic E-state index is 3.96. The van der Waals surface area contributed by atoms with E-state index in [1.807, 2.05) is 0 Å². The van der Waals surface area contributed by atoms with E-state index in [0.717, 1.165) is 0 Å². The summed E-state index contributed by atoms with van der Waals surface area (Å²) < 4.78 is 8.62. The first kappa shape index (κ1) is 18.6. The molecule has 0 aromatic heterocycles. The topological polar surface area (TPSA) is 0 Å². The van der Waals surface area contributed by atoms with Crippen LogP contribution in [0.2, 0.25) is 19.4 Å². The zero-order chi connectivity index (χ0) is 13.7. The van der Waals surface area contributed by atoms with Crippen LogP contribution in [0.1, 0.15) is 66.2 Å². The maximum absolute atomic E-state index is 3.96. The second kappa shape index (κ2) is 12.6. The van der Waals surface area contributed by atoms with Crippen LogP contribution in [0, 0.1) is 9.48 Å². The molecule has 0 amide bonds. The van der Waals surface area contributed by atoms with Gasteiger partial charge in [-0.2, -0.15) is 0 Å². The Hall–Kier alpha value is 0.576. The van der Waals surface area contributed by atoms with Crippen molar-refractivity contribution < 1.29 is 0 Å². The molecular formula is C16H34SiSn. The molecule has 0 spiro atoms. The molecule has 0 unspecified atom stereocenters. The molecular weight excluding hydrogens is 339 g/mol. The molecule has 0 bridgehead atoms. The van der Waals surface area contributed by atoms with Gasteiger partial charge in [0.25, 0.3) is 0 Å². The molecule has 0 atom stereocenters. The summed E-state index contributed by atoms with van der Waals surface area (Å²) in [5.41, 5.74) is 3.68. The third-order valence-corrected chi connectivity index (χ3v) is 18.9. The molecule has 106 valence electrons. The molecule has 0 aliphatic rings. The molecule has 0 saturated heterocycles. The molecule has 18 heavy (non-hydrogen) atoms. The van der Waals surface area contributed by atoms with E-state index in [0.29, 0.717) is 0 Å². The van der Waals surface area contributed by atoms with Crippen LogP contribution in [0.3, 0.4) is 0 Å². The van der Waals surface area contributed by atoms with Gasteiger partial charge in [0.15, 0.2) is 0 Å². The second-order valence-corrected chi connectivity index (χ2v) is 19.8. The molecule has 0 aromatic carbocycles. The number of rotatable bonds is 10. The summed E-state index contributed by atoms with van der Waals surface area (Å²) >= 11 is -2.04. The molecule has 0 nitrogen and oxygen atoms in total. The van der Waals surface area contributed by atoms with E-state index in [9.17, 15) is 0 Å². The molecule has 0 N–H and O–H groups in total. The SMILES string of the molecule is CCC[CH2][Sn]([C]#C[SiH2]CC)([CH2]CCC)[CH2]CCC. The average molecular weight is 373 g/mol. The first-order valence-electron chi connectivity index (χ1n) is 8.24. The Morgan fingerprint density at radius 2 is 1.22 bits per heavy atom. The van der Waals surface area contributed by atoms with Crippen LogP contribution in [-0.4, -0.2) is 27.9 Å². The fraction of sp³-hybridized carbons (Fsp3) is 0.875. The Kier molecular flexibility index (Phi) is 13.0. The summed E-state index contributed by atoms with van der Waals surface area (Å²) in [6, 6.07) is 1.37. The van der Waals surface area contributed by atoms with Gasteiger partial charge in [-0.3, -0.25) is 0 Å². The van der Waals surface area contributed by atoms with Crippen molar-refractivity contribution >= 4 is 27.9 Å². The standard InChI is InChI=1S/C4H7Si.3C4H9.Sn/c1-3-5-4-2;3*1-3-4-2;/h3,5H2,1H3;3*1,3-4H2,2H3;.